The zero-order chi connectivity index (χ0) is 17.2. The maximum absolute atomic E-state index is 12.1. The van der Waals surface area contributed by atoms with Crippen LogP contribution in [0.15, 0.2) is 42.6 Å². The third-order valence-electron chi connectivity index (χ3n) is 3.82. The summed E-state index contributed by atoms with van der Waals surface area (Å²) in [6.45, 7) is 2.15. The highest BCUT2D eigenvalue weighted by Gasteiger charge is 2.14. The third-order valence-corrected chi connectivity index (χ3v) is 3.82. The molecule has 7 nitrogen and oxygen atoms in total. The van der Waals surface area contributed by atoms with Crippen LogP contribution in [0.1, 0.15) is 11.3 Å². The molecule has 7 heteroatoms. The summed E-state index contributed by atoms with van der Waals surface area (Å²) in [4.78, 5) is 20.6. The van der Waals surface area contributed by atoms with E-state index < -0.39 is 6.09 Å². The number of rotatable bonds is 3. The monoisotopic (exact) mass is 337 g/mol. The summed E-state index contributed by atoms with van der Waals surface area (Å²) in [7, 11) is 0. The summed E-state index contributed by atoms with van der Waals surface area (Å²) in [5, 5.41) is 3.56. The van der Waals surface area contributed by atoms with Crippen molar-refractivity contribution in [3.05, 3.63) is 53.9 Å². The first-order valence-electron chi connectivity index (χ1n) is 7.74. The first-order valence-corrected chi connectivity index (χ1v) is 7.74. The number of amides is 1. The lowest BCUT2D eigenvalue weighted by molar-refractivity contribution is 0.154. The molecule has 0 aliphatic carbocycles. The van der Waals surface area contributed by atoms with E-state index in [9.17, 15) is 4.79 Å². The lowest BCUT2D eigenvalue weighted by atomic mass is 10.2. The van der Waals surface area contributed by atoms with Crippen LogP contribution in [0, 0.1) is 6.92 Å². The van der Waals surface area contributed by atoms with Crippen molar-refractivity contribution < 1.29 is 19.0 Å². The molecule has 0 saturated heterocycles. The minimum atomic E-state index is -0.550. The van der Waals surface area contributed by atoms with Gasteiger partial charge in [0.25, 0.3) is 0 Å². The van der Waals surface area contributed by atoms with Crippen molar-refractivity contribution in [3.63, 3.8) is 0 Å². The molecule has 0 spiro atoms. The molecule has 0 atom stereocenters. The van der Waals surface area contributed by atoms with Gasteiger partial charge >= 0.3 is 6.09 Å². The lowest BCUT2D eigenvalue weighted by Crippen LogP contribution is -2.14. The Labute approximate surface area is 143 Å². The standard InChI is InChI=1S/C18H15N3O4/c1-11-14(8-13-3-2-6-19-17(13)20-11)21-18(22)23-9-12-4-5-15-16(7-12)25-10-24-15/h2-8H,9-10H2,1H3,(H,21,22). The minimum absolute atomic E-state index is 0.129. The van der Waals surface area contributed by atoms with Crippen LogP contribution < -0.4 is 14.8 Å². The van der Waals surface area contributed by atoms with E-state index in [0.717, 1.165) is 10.9 Å². The maximum atomic E-state index is 12.1. The van der Waals surface area contributed by atoms with Crippen LogP contribution in [0.4, 0.5) is 10.5 Å². The molecule has 1 N–H and O–H groups in total. The average molecular weight is 337 g/mol. The number of nitrogens with zero attached hydrogens (tertiary/aromatic N) is 2. The van der Waals surface area contributed by atoms with Crippen LogP contribution in [0.2, 0.25) is 0 Å². The zero-order valence-corrected chi connectivity index (χ0v) is 13.5. The SMILES string of the molecule is Cc1nc2ncccc2cc1NC(=O)OCc1ccc2c(c1)OCO2. The van der Waals surface area contributed by atoms with Gasteiger partial charge in [-0.25, -0.2) is 14.8 Å². The van der Waals surface area contributed by atoms with E-state index in [1.165, 1.54) is 0 Å². The van der Waals surface area contributed by atoms with Gasteiger partial charge in [0.2, 0.25) is 6.79 Å². The maximum Gasteiger partial charge on any atom is 0.412 e. The number of benzene rings is 1. The number of anilines is 1. The van der Waals surface area contributed by atoms with Crippen molar-refractivity contribution in [1.29, 1.82) is 0 Å². The van der Waals surface area contributed by atoms with Gasteiger partial charge in [-0.05, 0) is 42.8 Å². The molecule has 2 aromatic heterocycles. The fourth-order valence-electron chi connectivity index (χ4n) is 2.55. The number of fused-ring (bicyclic) bond motifs is 2. The van der Waals surface area contributed by atoms with Crippen molar-refractivity contribution >= 4 is 22.8 Å². The molecule has 0 bridgehead atoms. The Hall–Kier alpha value is -3.35. The van der Waals surface area contributed by atoms with E-state index in [-0.39, 0.29) is 13.4 Å². The number of hydrogen-bond donors (Lipinski definition) is 1. The predicted octanol–water partition coefficient (Wildman–Crippen LogP) is 3.42. The van der Waals surface area contributed by atoms with E-state index in [1.807, 2.05) is 31.2 Å². The van der Waals surface area contributed by atoms with Crippen molar-refractivity contribution in [2.45, 2.75) is 13.5 Å². The fraction of sp³-hybridized carbons (Fsp3) is 0.167. The van der Waals surface area contributed by atoms with Crippen LogP contribution in [0.5, 0.6) is 11.5 Å². The Morgan fingerprint density at radius 3 is 3.04 bits per heavy atom. The highest BCUT2D eigenvalue weighted by Crippen LogP contribution is 2.32. The van der Waals surface area contributed by atoms with Gasteiger partial charge in [0.05, 0.1) is 11.4 Å². The minimum Gasteiger partial charge on any atom is -0.454 e. The summed E-state index contributed by atoms with van der Waals surface area (Å²) in [5.74, 6) is 1.35. The topological polar surface area (TPSA) is 82.6 Å². The molecule has 0 fully saturated rings. The summed E-state index contributed by atoms with van der Waals surface area (Å²) >= 11 is 0. The molecular weight excluding hydrogens is 322 g/mol. The van der Waals surface area contributed by atoms with Crippen LogP contribution in [-0.2, 0) is 11.3 Å². The lowest BCUT2D eigenvalue weighted by Gasteiger charge is -2.10. The van der Waals surface area contributed by atoms with Crippen LogP contribution in [-0.4, -0.2) is 22.9 Å². The Balaban J connectivity index is 1.43. The Morgan fingerprint density at radius 1 is 1.24 bits per heavy atom. The van der Waals surface area contributed by atoms with Gasteiger partial charge < -0.3 is 14.2 Å². The molecule has 3 aromatic rings. The van der Waals surface area contributed by atoms with Gasteiger partial charge in [-0.3, -0.25) is 5.32 Å². The number of hydrogen-bond acceptors (Lipinski definition) is 6. The molecule has 1 aliphatic heterocycles. The summed E-state index contributed by atoms with van der Waals surface area (Å²) in [5.41, 5.74) is 2.72. The third kappa shape index (κ3) is 3.16. The Morgan fingerprint density at radius 2 is 2.12 bits per heavy atom. The zero-order valence-electron chi connectivity index (χ0n) is 13.5. The highest BCUT2D eigenvalue weighted by molar-refractivity contribution is 5.89. The number of aryl methyl sites for hydroxylation is 1. The van der Waals surface area contributed by atoms with Crippen molar-refractivity contribution in [2.24, 2.45) is 0 Å². The van der Waals surface area contributed by atoms with E-state index in [4.69, 9.17) is 14.2 Å². The molecule has 0 unspecified atom stereocenters. The molecule has 3 heterocycles. The molecule has 4 rings (SSSR count). The van der Waals surface area contributed by atoms with E-state index in [0.29, 0.717) is 28.5 Å². The molecule has 126 valence electrons. The highest BCUT2D eigenvalue weighted by atomic mass is 16.7. The second kappa shape index (κ2) is 6.27. The summed E-state index contributed by atoms with van der Waals surface area (Å²) < 4.78 is 15.8. The van der Waals surface area contributed by atoms with Crippen LogP contribution >= 0.6 is 0 Å². The molecule has 25 heavy (non-hydrogen) atoms. The first kappa shape index (κ1) is 15.2. The largest absolute Gasteiger partial charge is 0.454 e. The van der Waals surface area contributed by atoms with Gasteiger partial charge in [-0.1, -0.05) is 6.07 Å². The van der Waals surface area contributed by atoms with Gasteiger partial charge in [0.1, 0.15) is 6.61 Å². The Bertz CT molecular complexity index is 958. The second-order valence-corrected chi connectivity index (χ2v) is 5.56. The first-order chi connectivity index (χ1) is 12.2. The van der Waals surface area contributed by atoms with Crippen molar-refractivity contribution in [1.82, 2.24) is 9.97 Å². The number of carbonyl (C=O) groups excluding carboxylic acids is 1. The normalized spacial score (nSPS) is 12.2. The van der Waals surface area contributed by atoms with E-state index >= 15 is 0 Å². The number of aromatic nitrogens is 2. The van der Waals surface area contributed by atoms with Gasteiger partial charge in [-0.15, -0.1) is 0 Å². The van der Waals surface area contributed by atoms with E-state index in [1.54, 1.807) is 18.3 Å². The number of ether oxygens (including phenoxy) is 3. The number of nitrogens with one attached hydrogen (secondary N) is 1. The van der Waals surface area contributed by atoms with Gasteiger partial charge in [0, 0.05) is 11.6 Å². The molecule has 1 amide bonds. The molecular formula is C18H15N3O4. The Kier molecular flexibility index (Phi) is 3.81. The molecule has 1 aromatic carbocycles. The molecule has 0 saturated carbocycles. The fourth-order valence-corrected chi connectivity index (χ4v) is 2.55. The smallest absolute Gasteiger partial charge is 0.412 e. The van der Waals surface area contributed by atoms with Crippen molar-refractivity contribution in [3.8, 4) is 11.5 Å². The summed E-state index contributed by atoms with van der Waals surface area (Å²) in [6, 6.07) is 11.0. The second-order valence-electron chi connectivity index (χ2n) is 5.56. The van der Waals surface area contributed by atoms with E-state index in [2.05, 4.69) is 15.3 Å². The average Bonchev–Trinajstić information content (AvgIpc) is 3.08. The van der Waals surface area contributed by atoms with Gasteiger partial charge in [0.15, 0.2) is 17.1 Å². The quantitative estimate of drug-likeness (QED) is 0.788. The van der Waals surface area contributed by atoms with Crippen molar-refractivity contribution in [2.75, 3.05) is 12.1 Å². The van der Waals surface area contributed by atoms with Crippen LogP contribution in [0.3, 0.4) is 0 Å². The number of carbonyl (C=O) groups is 1. The molecule has 0 radical (unpaired) electrons. The van der Waals surface area contributed by atoms with Gasteiger partial charge in [-0.2, -0.15) is 0 Å². The number of pyridine rings is 2. The van der Waals surface area contributed by atoms with Crippen LogP contribution in [0.25, 0.3) is 11.0 Å². The predicted molar refractivity (Wildman–Crippen MR) is 90.6 cm³/mol. The summed E-state index contributed by atoms with van der Waals surface area (Å²) in [6.07, 6.45) is 1.13. The molecule has 1 aliphatic rings.